The molecule has 0 radical (unpaired) electrons. The van der Waals surface area contributed by atoms with Crippen molar-refractivity contribution in [3.05, 3.63) is 30.3 Å². The van der Waals surface area contributed by atoms with Crippen molar-refractivity contribution >= 4 is 11.8 Å². The molecule has 0 saturated carbocycles. The van der Waals surface area contributed by atoms with Crippen LogP contribution in [0.15, 0.2) is 30.3 Å². The van der Waals surface area contributed by atoms with Crippen LogP contribution in [0.5, 0.6) is 0 Å². The number of rotatable bonds is 8. The molecule has 21 heavy (non-hydrogen) atoms. The quantitative estimate of drug-likeness (QED) is 0.645. The molecule has 0 aliphatic rings. The highest BCUT2D eigenvalue weighted by Gasteiger charge is 2.15. The van der Waals surface area contributed by atoms with E-state index in [4.69, 9.17) is 4.74 Å². The Morgan fingerprint density at radius 1 is 1.05 bits per heavy atom. The molecule has 0 fully saturated rings. The minimum Gasteiger partial charge on any atom is -0.444 e. The number of hydrogen-bond acceptors (Lipinski definition) is 4. The van der Waals surface area contributed by atoms with Crippen molar-refractivity contribution in [2.24, 2.45) is 0 Å². The fourth-order valence-corrected chi connectivity index (χ4v) is 1.69. The van der Waals surface area contributed by atoms with Crippen LogP contribution in [-0.2, 0) is 4.74 Å². The monoisotopic (exact) mass is 293 g/mol. The van der Waals surface area contributed by atoms with E-state index in [9.17, 15) is 4.79 Å². The van der Waals surface area contributed by atoms with Crippen molar-refractivity contribution in [1.29, 1.82) is 0 Å². The zero-order valence-corrected chi connectivity index (χ0v) is 13.2. The summed E-state index contributed by atoms with van der Waals surface area (Å²) in [4.78, 5) is 11.4. The number of carbonyl (C=O) groups is 1. The SMILES string of the molecule is CC(C)(C)OC(=O)NCCNCCCNc1ccccc1. The van der Waals surface area contributed by atoms with Gasteiger partial charge in [0.15, 0.2) is 0 Å². The summed E-state index contributed by atoms with van der Waals surface area (Å²) in [5, 5.41) is 9.35. The molecule has 3 N–H and O–H groups in total. The van der Waals surface area contributed by atoms with Crippen LogP contribution >= 0.6 is 0 Å². The third-order valence-electron chi connectivity index (χ3n) is 2.60. The number of amides is 1. The minimum atomic E-state index is -0.444. The number of ether oxygens (including phenoxy) is 1. The van der Waals surface area contributed by atoms with E-state index >= 15 is 0 Å². The van der Waals surface area contributed by atoms with E-state index in [0.717, 1.165) is 31.7 Å². The molecule has 1 amide bonds. The van der Waals surface area contributed by atoms with Crippen LogP contribution < -0.4 is 16.0 Å². The number of nitrogens with one attached hydrogen (secondary N) is 3. The Morgan fingerprint density at radius 3 is 2.43 bits per heavy atom. The van der Waals surface area contributed by atoms with Gasteiger partial charge in [0.05, 0.1) is 0 Å². The molecule has 5 nitrogen and oxygen atoms in total. The van der Waals surface area contributed by atoms with Gasteiger partial charge in [-0.1, -0.05) is 18.2 Å². The largest absolute Gasteiger partial charge is 0.444 e. The summed E-state index contributed by atoms with van der Waals surface area (Å²) < 4.78 is 5.14. The van der Waals surface area contributed by atoms with Crippen LogP contribution in [0.1, 0.15) is 27.2 Å². The second-order valence-electron chi connectivity index (χ2n) is 5.83. The first kappa shape index (κ1) is 17.3. The van der Waals surface area contributed by atoms with Gasteiger partial charge < -0.3 is 20.7 Å². The van der Waals surface area contributed by atoms with Crippen molar-refractivity contribution in [3.63, 3.8) is 0 Å². The Bertz CT molecular complexity index is 402. The molecule has 5 heteroatoms. The van der Waals surface area contributed by atoms with E-state index in [1.165, 1.54) is 0 Å². The lowest BCUT2D eigenvalue weighted by Gasteiger charge is -2.19. The molecule has 0 saturated heterocycles. The molecule has 1 aromatic carbocycles. The standard InChI is InChI=1S/C16H27N3O2/c1-16(2,3)21-15(20)19-13-12-17-10-7-11-18-14-8-5-4-6-9-14/h4-6,8-9,17-18H,7,10-13H2,1-3H3,(H,19,20). The smallest absolute Gasteiger partial charge is 0.407 e. The van der Waals surface area contributed by atoms with E-state index < -0.39 is 5.60 Å². The summed E-state index contributed by atoms with van der Waals surface area (Å²) in [7, 11) is 0. The van der Waals surface area contributed by atoms with Crippen molar-refractivity contribution in [2.45, 2.75) is 32.8 Å². The Labute approximate surface area is 127 Å². The van der Waals surface area contributed by atoms with Crippen LogP contribution in [0.3, 0.4) is 0 Å². The van der Waals surface area contributed by atoms with Gasteiger partial charge in [-0.25, -0.2) is 4.79 Å². The molecule has 118 valence electrons. The van der Waals surface area contributed by atoms with Gasteiger partial charge in [0.25, 0.3) is 0 Å². The number of anilines is 1. The highest BCUT2D eigenvalue weighted by Crippen LogP contribution is 2.06. The fourth-order valence-electron chi connectivity index (χ4n) is 1.69. The molecule has 1 rings (SSSR count). The number of para-hydroxylation sites is 1. The topological polar surface area (TPSA) is 62.4 Å². The molecule has 1 aromatic rings. The zero-order chi connectivity index (χ0) is 15.6. The summed E-state index contributed by atoms with van der Waals surface area (Å²) in [5.41, 5.74) is 0.699. The van der Waals surface area contributed by atoms with Gasteiger partial charge in [0, 0.05) is 25.3 Å². The Balaban J connectivity index is 1.92. The summed E-state index contributed by atoms with van der Waals surface area (Å²) in [6, 6.07) is 10.1. The van der Waals surface area contributed by atoms with E-state index in [2.05, 4.69) is 28.1 Å². The average Bonchev–Trinajstić information content (AvgIpc) is 2.41. The van der Waals surface area contributed by atoms with Crippen LogP contribution in [0.4, 0.5) is 10.5 Å². The predicted octanol–water partition coefficient (Wildman–Crippen LogP) is 2.60. The van der Waals surface area contributed by atoms with Crippen LogP contribution in [0, 0.1) is 0 Å². The van der Waals surface area contributed by atoms with Gasteiger partial charge in [-0.3, -0.25) is 0 Å². The maximum absolute atomic E-state index is 11.4. The van der Waals surface area contributed by atoms with Gasteiger partial charge in [0.1, 0.15) is 5.60 Å². The van der Waals surface area contributed by atoms with E-state index in [0.29, 0.717) is 6.54 Å². The number of alkyl carbamates (subject to hydrolysis) is 1. The summed E-state index contributed by atoms with van der Waals surface area (Å²) in [6.07, 6.45) is 0.663. The highest BCUT2D eigenvalue weighted by molar-refractivity contribution is 5.67. The molecular weight excluding hydrogens is 266 g/mol. The molecule has 0 aromatic heterocycles. The fraction of sp³-hybridized carbons (Fsp3) is 0.562. The lowest BCUT2D eigenvalue weighted by atomic mass is 10.2. The number of carbonyl (C=O) groups excluding carboxylic acids is 1. The predicted molar refractivity (Wildman–Crippen MR) is 86.7 cm³/mol. The van der Waals surface area contributed by atoms with E-state index in [-0.39, 0.29) is 6.09 Å². The first-order valence-electron chi connectivity index (χ1n) is 7.44. The van der Waals surface area contributed by atoms with Gasteiger partial charge >= 0.3 is 6.09 Å². The Morgan fingerprint density at radius 2 is 1.76 bits per heavy atom. The lowest BCUT2D eigenvalue weighted by Crippen LogP contribution is -2.36. The van der Waals surface area contributed by atoms with Crippen LogP contribution in [-0.4, -0.2) is 37.9 Å². The molecule has 0 heterocycles. The van der Waals surface area contributed by atoms with Crippen molar-refractivity contribution in [3.8, 4) is 0 Å². The van der Waals surface area contributed by atoms with Crippen molar-refractivity contribution in [2.75, 3.05) is 31.5 Å². The van der Waals surface area contributed by atoms with Gasteiger partial charge in [-0.05, 0) is 45.9 Å². The molecule has 0 atom stereocenters. The summed E-state index contributed by atoms with van der Waals surface area (Å²) >= 11 is 0. The first-order chi connectivity index (χ1) is 9.97. The third kappa shape index (κ3) is 9.73. The van der Waals surface area contributed by atoms with Gasteiger partial charge in [-0.15, -0.1) is 0 Å². The highest BCUT2D eigenvalue weighted by atomic mass is 16.6. The molecule has 0 spiro atoms. The maximum Gasteiger partial charge on any atom is 0.407 e. The van der Waals surface area contributed by atoms with Crippen molar-refractivity contribution < 1.29 is 9.53 Å². The molecule has 0 bridgehead atoms. The van der Waals surface area contributed by atoms with Crippen LogP contribution in [0.25, 0.3) is 0 Å². The molecule has 0 aliphatic carbocycles. The van der Waals surface area contributed by atoms with E-state index in [1.807, 2.05) is 39.0 Å². The maximum atomic E-state index is 11.4. The Kier molecular flexibility index (Phi) is 7.61. The number of benzene rings is 1. The van der Waals surface area contributed by atoms with Gasteiger partial charge in [-0.2, -0.15) is 0 Å². The molecule has 0 aliphatic heterocycles. The van der Waals surface area contributed by atoms with Crippen LogP contribution in [0.2, 0.25) is 0 Å². The second kappa shape index (κ2) is 9.23. The summed E-state index contributed by atoms with van der Waals surface area (Å²) in [5.74, 6) is 0. The second-order valence-corrected chi connectivity index (χ2v) is 5.83. The van der Waals surface area contributed by atoms with Crippen molar-refractivity contribution in [1.82, 2.24) is 10.6 Å². The average molecular weight is 293 g/mol. The lowest BCUT2D eigenvalue weighted by molar-refractivity contribution is 0.0528. The van der Waals surface area contributed by atoms with Gasteiger partial charge in [0.2, 0.25) is 0 Å². The Hall–Kier alpha value is -1.75. The molecule has 0 unspecified atom stereocenters. The van der Waals surface area contributed by atoms with E-state index in [1.54, 1.807) is 0 Å². The minimum absolute atomic E-state index is 0.366. The zero-order valence-electron chi connectivity index (χ0n) is 13.2. The number of hydrogen-bond donors (Lipinski definition) is 3. The molecular formula is C16H27N3O2. The first-order valence-corrected chi connectivity index (χ1v) is 7.44. The normalized spacial score (nSPS) is 11.0. The summed E-state index contributed by atoms with van der Waals surface area (Å²) in [6.45, 7) is 8.71. The third-order valence-corrected chi connectivity index (χ3v) is 2.60.